The number of nitrogens with zero attached hydrogens (tertiary/aromatic N) is 3. The van der Waals surface area contributed by atoms with Gasteiger partial charge in [-0.25, -0.2) is 0 Å². The van der Waals surface area contributed by atoms with E-state index in [0.717, 1.165) is 23.2 Å². The largest absolute Gasteiger partial charge is 0.432 e. The molecule has 5 atom stereocenters. The fourth-order valence-electron chi connectivity index (χ4n) is 7.79. The summed E-state index contributed by atoms with van der Waals surface area (Å²) in [6, 6.07) is 13.2. The molecule has 0 aliphatic carbocycles. The summed E-state index contributed by atoms with van der Waals surface area (Å²) in [4.78, 5) is 57.1. The quantitative estimate of drug-likeness (QED) is 0.529. The van der Waals surface area contributed by atoms with Gasteiger partial charge in [0.1, 0.15) is 0 Å². The van der Waals surface area contributed by atoms with Gasteiger partial charge >= 0.3 is 0 Å². The van der Waals surface area contributed by atoms with E-state index in [1.54, 1.807) is 21.7 Å². The van der Waals surface area contributed by atoms with Gasteiger partial charge in [0.25, 0.3) is 5.91 Å². The van der Waals surface area contributed by atoms with Crippen LogP contribution in [0, 0.1) is 5.92 Å². The lowest BCUT2D eigenvalue weighted by Gasteiger charge is -2.37. The first-order valence-electron chi connectivity index (χ1n) is 14.6. The second kappa shape index (κ2) is 10.0. The molecule has 2 aromatic carbocycles. The molecule has 6 rings (SSSR count). The summed E-state index contributed by atoms with van der Waals surface area (Å²) in [6.45, 7) is 6.50. The number of carbonyl (C=O) groups excluding carboxylic acids is 3. The minimum absolute atomic E-state index is 0.00302. The maximum atomic E-state index is 14.1. The van der Waals surface area contributed by atoms with E-state index in [9.17, 15) is 24.3 Å². The zero-order chi connectivity index (χ0) is 29.3. The minimum atomic E-state index is -2.95. The molecule has 2 aromatic rings. The van der Waals surface area contributed by atoms with Crippen molar-refractivity contribution in [3.8, 4) is 0 Å². The van der Waals surface area contributed by atoms with Gasteiger partial charge in [-0.05, 0) is 55.3 Å². The van der Waals surface area contributed by atoms with Crippen molar-refractivity contribution in [2.45, 2.75) is 75.5 Å². The van der Waals surface area contributed by atoms with Crippen molar-refractivity contribution in [3.05, 3.63) is 59.2 Å². The first-order chi connectivity index (χ1) is 19.5. The number of hydrogen-bond acceptors (Lipinski definition) is 6. The summed E-state index contributed by atoms with van der Waals surface area (Å²) in [6.07, 6.45) is 1.19. The molecule has 41 heavy (non-hydrogen) atoms. The molecule has 4 aliphatic rings. The Hall–Kier alpha value is -3.05. The molecular weight excluding hydrogens is 538 g/mol. The van der Waals surface area contributed by atoms with E-state index in [1.807, 2.05) is 62.5 Å². The van der Waals surface area contributed by atoms with Crippen molar-refractivity contribution < 1.29 is 29.0 Å². The van der Waals surface area contributed by atoms with E-state index >= 15 is 0 Å². The molecule has 218 valence electrons. The molecule has 0 bridgehead atoms. The normalized spacial score (nSPS) is 29.5. The van der Waals surface area contributed by atoms with Gasteiger partial charge in [-0.3, -0.25) is 14.4 Å². The van der Waals surface area contributed by atoms with E-state index in [-0.39, 0.29) is 36.8 Å². The van der Waals surface area contributed by atoms with Crippen LogP contribution in [-0.4, -0.2) is 73.2 Å². The van der Waals surface area contributed by atoms with Crippen molar-refractivity contribution in [3.63, 3.8) is 0 Å². The summed E-state index contributed by atoms with van der Waals surface area (Å²) >= 11 is 0. The van der Waals surface area contributed by atoms with Crippen LogP contribution in [0.25, 0.3) is 0 Å². The summed E-state index contributed by atoms with van der Waals surface area (Å²) in [5.74, 6) is -0.720. The third-order valence-corrected chi connectivity index (χ3v) is 12.2. The van der Waals surface area contributed by atoms with Gasteiger partial charge in [-0.15, -0.1) is 0 Å². The summed E-state index contributed by atoms with van der Waals surface area (Å²) in [7, 11) is -1.23. The Morgan fingerprint density at radius 3 is 2.54 bits per heavy atom. The Bertz CT molecular complexity index is 1410. The topological polar surface area (TPSA) is 111 Å². The SMILES string of the molecule is C[C@@H]1[C@@H]([Si](C)(C)O)[C@H](CC(=O)N2Cc3ccccc3C[C@H]2CO)O[C@@]12C(=O)N(C)c1ccc(N3CCCC3=O)cc12. The Kier molecular flexibility index (Phi) is 6.88. The molecule has 4 aliphatic heterocycles. The Balaban J connectivity index is 1.36. The first kappa shape index (κ1) is 28.1. The lowest BCUT2D eigenvalue weighted by molar-refractivity contribution is -0.150. The summed E-state index contributed by atoms with van der Waals surface area (Å²) in [5, 5.41) is 10.2. The van der Waals surface area contributed by atoms with Crippen molar-refractivity contribution >= 4 is 37.4 Å². The van der Waals surface area contributed by atoms with Crippen molar-refractivity contribution in [2.75, 3.05) is 30.0 Å². The number of aliphatic hydroxyl groups excluding tert-OH is 1. The van der Waals surface area contributed by atoms with Crippen LogP contribution in [0.3, 0.4) is 0 Å². The minimum Gasteiger partial charge on any atom is -0.432 e. The van der Waals surface area contributed by atoms with Gasteiger partial charge in [0.05, 0.1) is 30.9 Å². The molecule has 0 radical (unpaired) electrons. The highest BCUT2D eigenvalue weighted by atomic mass is 28.4. The fourth-order valence-corrected chi connectivity index (χ4v) is 10.3. The number of carbonyl (C=O) groups is 3. The third-order valence-electron chi connectivity index (χ3n) is 9.74. The van der Waals surface area contributed by atoms with Crippen molar-refractivity contribution in [2.24, 2.45) is 5.92 Å². The predicted octanol–water partition coefficient (Wildman–Crippen LogP) is 2.92. The molecule has 9 nitrogen and oxygen atoms in total. The van der Waals surface area contributed by atoms with Gasteiger partial charge in [0, 0.05) is 49.3 Å². The standard InChI is InChI=1S/C31H39N3O6Si/c1-19-29(41(3,4)39)26(16-28(37)34-17-21-9-6-5-8-20(21)14-23(34)18-35)40-31(19)24-15-22(33-13-7-10-27(33)36)11-12-25(24)32(2)30(31)38/h5-6,8-9,11-12,15,19,23,26,29,35,39H,7,10,13-14,16-18H2,1-4H3/t19-,23+,26+,29-,31+/m1/s1. The number of likely N-dealkylation sites (N-methyl/N-ethyl adjacent to an activating group) is 1. The highest BCUT2D eigenvalue weighted by Gasteiger charge is 2.66. The first-order valence-corrected chi connectivity index (χ1v) is 17.6. The van der Waals surface area contributed by atoms with Gasteiger partial charge in [0.2, 0.25) is 11.8 Å². The summed E-state index contributed by atoms with van der Waals surface area (Å²) in [5.41, 5.74) is 2.57. The van der Waals surface area contributed by atoms with Crippen molar-refractivity contribution in [1.29, 1.82) is 0 Å². The third kappa shape index (κ3) is 4.34. The zero-order valence-corrected chi connectivity index (χ0v) is 25.2. The van der Waals surface area contributed by atoms with Gasteiger partial charge in [-0.2, -0.15) is 0 Å². The lowest BCUT2D eigenvalue weighted by atomic mass is 9.82. The lowest BCUT2D eigenvalue weighted by Crippen LogP contribution is -2.48. The average Bonchev–Trinajstić information content (AvgIpc) is 3.57. The van der Waals surface area contributed by atoms with Gasteiger partial charge < -0.3 is 29.3 Å². The molecule has 0 saturated carbocycles. The molecule has 0 unspecified atom stereocenters. The average molecular weight is 578 g/mol. The van der Waals surface area contributed by atoms with Crippen LogP contribution in [-0.2, 0) is 37.7 Å². The molecule has 2 N–H and O–H groups in total. The van der Waals surface area contributed by atoms with Crippen LogP contribution < -0.4 is 9.80 Å². The van der Waals surface area contributed by atoms with E-state index < -0.39 is 31.5 Å². The Labute approximate surface area is 241 Å². The summed E-state index contributed by atoms with van der Waals surface area (Å²) < 4.78 is 6.78. The molecular formula is C31H39N3O6Si. The molecule has 0 aromatic heterocycles. The van der Waals surface area contributed by atoms with E-state index in [4.69, 9.17) is 4.74 Å². The smallest absolute Gasteiger partial charge is 0.264 e. The highest BCUT2D eigenvalue weighted by molar-refractivity contribution is 6.71. The van der Waals surface area contributed by atoms with Gasteiger partial charge in [0.15, 0.2) is 13.9 Å². The van der Waals surface area contributed by atoms with Crippen LogP contribution in [0.15, 0.2) is 42.5 Å². The highest BCUT2D eigenvalue weighted by Crippen LogP contribution is 2.60. The number of benzene rings is 2. The van der Waals surface area contributed by atoms with Crippen LogP contribution in [0.1, 0.15) is 42.9 Å². The molecule has 1 spiro atoms. The number of fused-ring (bicyclic) bond motifs is 3. The van der Waals surface area contributed by atoms with Crippen molar-refractivity contribution in [1.82, 2.24) is 4.90 Å². The molecule has 4 heterocycles. The fraction of sp³-hybridized carbons (Fsp3) is 0.516. The van der Waals surface area contributed by atoms with Crippen LogP contribution >= 0.6 is 0 Å². The maximum Gasteiger partial charge on any atom is 0.264 e. The van der Waals surface area contributed by atoms with E-state index in [1.165, 1.54) is 0 Å². The van der Waals surface area contributed by atoms with E-state index in [2.05, 4.69) is 0 Å². The van der Waals surface area contributed by atoms with Crippen LogP contribution in [0.4, 0.5) is 11.4 Å². The van der Waals surface area contributed by atoms with Crippen LogP contribution in [0.5, 0.6) is 0 Å². The maximum absolute atomic E-state index is 14.1. The molecule has 3 amide bonds. The second-order valence-electron chi connectivity index (χ2n) is 12.6. The number of aliphatic hydroxyl groups is 1. The second-order valence-corrected chi connectivity index (χ2v) is 16.6. The monoisotopic (exact) mass is 577 g/mol. The molecule has 2 fully saturated rings. The Morgan fingerprint density at radius 1 is 1.15 bits per heavy atom. The Morgan fingerprint density at radius 2 is 1.88 bits per heavy atom. The zero-order valence-electron chi connectivity index (χ0n) is 24.2. The number of ether oxygens (including phenoxy) is 1. The van der Waals surface area contributed by atoms with E-state index in [0.29, 0.717) is 37.2 Å². The number of amides is 3. The number of rotatable bonds is 5. The molecule has 2 saturated heterocycles. The van der Waals surface area contributed by atoms with Crippen LogP contribution in [0.2, 0.25) is 18.6 Å². The number of hydrogen-bond donors (Lipinski definition) is 2. The molecule has 10 heteroatoms. The number of anilines is 2. The predicted molar refractivity (Wildman–Crippen MR) is 157 cm³/mol. The van der Waals surface area contributed by atoms with Gasteiger partial charge in [-0.1, -0.05) is 31.2 Å².